The Kier molecular flexibility index (Phi) is 7.88. The van der Waals surface area contributed by atoms with Crippen molar-refractivity contribution in [1.29, 1.82) is 0 Å². The van der Waals surface area contributed by atoms with Gasteiger partial charge in [0.15, 0.2) is 0 Å². The van der Waals surface area contributed by atoms with E-state index in [0.717, 1.165) is 0 Å². The van der Waals surface area contributed by atoms with Crippen LogP contribution >= 0.6 is 11.8 Å². The summed E-state index contributed by atoms with van der Waals surface area (Å²) in [6, 6.07) is 0. The fourth-order valence-electron chi connectivity index (χ4n) is 1.60. The molecule has 0 amide bonds. The average Bonchev–Trinajstić information content (AvgIpc) is 2.64. The van der Waals surface area contributed by atoms with E-state index in [1.54, 1.807) is 0 Å². The molecule has 90 valence electrons. The van der Waals surface area contributed by atoms with Gasteiger partial charge in [-0.15, -0.1) is 0 Å². The summed E-state index contributed by atoms with van der Waals surface area (Å²) in [6.45, 7) is 6.43. The number of rotatable bonds is 4. The molecule has 1 saturated heterocycles. The normalized spacial score (nSPS) is 18.1. The fourth-order valence-corrected chi connectivity index (χ4v) is 1.97. The molecule has 15 heavy (non-hydrogen) atoms. The summed E-state index contributed by atoms with van der Waals surface area (Å²) in [6.07, 6.45) is 4.93. The first-order valence-electron chi connectivity index (χ1n) is 5.56. The molecule has 4 heteroatoms. The molecule has 0 aromatic heterocycles. The lowest BCUT2D eigenvalue weighted by atomic mass is 10.4. The monoisotopic (exact) mass is 233 g/mol. The molecule has 1 rings (SSSR count). The maximum atomic E-state index is 9.63. The number of nitrogens with zero attached hydrogens (tertiary/aromatic N) is 1. The van der Waals surface area contributed by atoms with Gasteiger partial charge >= 0.3 is 0 Å². The molecule has 0 aromatic carbocycles. The van der Waals surface area contributed by atoms with Crippen LogP contribution in [0.1, 0.15) is 26.2 Å². The number of carbonyl (C=O) groups excluding carboxylic acids is 1. The van der Waals surface area contributed by atoms with Crippen LogP contribution in [0, 0.1) is 0 Å². The molecule has 1 aliphatic rings. The van der Waals surface area contributed by atoms with Crippen molar-refractivity contribution in [2.45, 2.75) is 26.2 Å². The summed E-state index contributed by atoms with van der Waals surface area (Å²) in [5.41, 5.74) is 0. The molecule has 1 aliphatic heterocycles. The summed E-state index contributed by atoms with van der Waals surface area (Å²) in [5, 5.41) is 9.63. The third-order valence-electron chi connectivity index (χ3n) is 2.92. The average molecular weight is 233 g/mol. The highest BCUT2D eigenvalue weighted by Crippen LogP contribution is 2.14. The largest absolute Gasteiger partial charge is 0.550 e. The third-order valence-corrected chi connectivity index (χ3v) is 3.53. The van der Waals surface area contributed by atoms with Gasteiger partial charge < -0.3 is 14.4 Å². The Morgan fingerprint density at radius 1 is 1.40 bits per heavy atom. The first-order chi connectivity index (χ1) is 7.04. The van der Waals surface area contributed by atoms with Crippen LogP contribution in [0.5, 0.6) is 0 Å². The number of aliphatic carboxylic acids is 1. The van der Waals surface area contributed by atoms with E-state index in [1.165, 1.54) is 48.7 Å². The van der Waals surface area contributed by atoms with E-state index in [2.05, 4.69) is 14.0 Å². The zero-order valence-corrected chi connectivity index (χ0v) is 10.9. The van der Waals surface area contributed by atoms with E-state index in [0.29, 0.717) is 5.75 Å². The molecule has 0 N–H and O–H groups in total. The molecule has 0 aromatic rings. The number of hydrogen-bond donors (Lipinski definition) is 0. The predicted octanol–water partition coefficient (Wildman–Crippen LogP) is 0.736. The van der Waals surface area contributed by atoms with Crippen LogP contribution < -0.4 is 5.11 Å². The number of quaternary nitrogens is 1. The Hall–Kier alpha value is -0.220. The fraction of sp³-hybridized carbons (Fsp3) is 0.909. The highest BCUT2D eigenvalue weighted by atomic mass is 32.2. The molecule has 3 nitrogen and oxygen atoms in total. The number of carboxylic acid groups (broad SMARTS) is 1. The Balaban J connectivity index is 0.000000265. The molecule has 0 spiro atoms. The van der Waals surface area contributed by atoms with Crippen LogP contribution in [-0.2, 0) is 4.79 Å². The van der Waals surface area contributed by atoms with Gasteiger partial charge in [-0.25, -0.2) is 0 Å². The summed E-state index contributed by atoms with van der Waals surface area (Å²) < 4.78 is 1.32. The highest BCUT2D eigenvalue weighted by molar-refractivity contribution is 7.98. The molecule has 0 saturated carbocycles. The molecule has 1 fully saturated rings. The van der Waals surface area contributed by atoms with E-state index < -0.39 is 5.97 Å². The van der Waals surface area contributed by atoms with Gasteiger partial charge in [0.1, 0.15) is 0 Å². The van der Waals surface area contributed by atoms with E-state index in [4.69, 9.17) is 0 Å². The van der Waals surface area contributed by atoms with Crippen LogP contribution in [0.25, 0.3) is 0 Å². The minimum absolute atomic E-state index is 0.168. The Bertz CT molecular complexity index is 179. The van der Waals surface area contributed by atoms with E-state index >= 15 is 0 Å². The molecular weight excluding hydrogens is 210 g/mol. The van der Waals surface area contributed by atoms with Gasteiger partial charge in [0.2, 0.25) is 0 Å². The maximum Gasteiger partial charge on any atom is 0.0786 e. The second kappa shape index (κ2) is 7.99. The van der Waals surface area contributed by atoms with Gasteiger partial charge in [0.05, 0.1) is 26.7 Å². The number of likely N-dealkylation sites (tertiary alicyclic amines) is 1. The predicted molar refractivity (Wildman–Crippen MR) is 63.7 cm³/mol. The molecule has 0 radical (unpaired) electrons. The van der Waals surface area contributed by atoms with Crippen LogP contribution in [0.15, 0.2) is 0 Å². The van der Waals surface area contributed by atoms with Crippen LogP contribution in [-0.4, -0.2) is 49.1 Å². The van der Waals surface area contributed by atoms with Crippen molar-refractivity contribution >= 4 is 17.7 Å². The highest BCUT2D eigenvalue weighted by Gasteiger charge is 2.23. The van der Waals surface area contributed by atoms with E-state index in [9.17, 15) is 9.90 Å². The second-order valence-corrected chi connectivity index (χ2v) is 5.19. The molecule has 1 heterocycles. The second-order valence-electron chi connectivity index (χ2n) is 4.20. The van der Waals surface area contributed by atoms with Gasteiger partial charge in [0.25, 0.3) is 0 Å². The molecule has 0 unspecified atom stereocenters. The standard InChI is InChI=1S/C7H16N.C4H8O2S/c1-3-8(2)6-4-5-7-8;1-7-3-2-4(5)6/h3-7H2,1-2H3;2-3H2,1H3,(H,5,6)/q+1;/p-1. The first kappa shape index (κ1) is 14.8. The molecule has 0 bridgehead atoms. The molecule has 0 aliphatic carbocycles. The maximum absolute atomic E-state index is 9.63. The SMILES string of the molecule is CC[N+]1(C)CCCC1.CSCCC(=O)[O-]. The number of thioether (sulfide) groups is 1. The van der Waals surface area contributed by atoms with Gasteiger partial charge in [-0.2, -0.15) is 11.8 Å². The number of hydrogen-bond acceptors (Lipinski definition) is 3. The van der Waals surface area contributed by atoms with Crippen LogP contribution in [0.2, 0.25) is 0 Å². The Morgan fingerprint density at radius 3 is 2.13 bits per heavy atom. The van der Waals surface area contributed by atoms with Crippen molar-refractivity contribution in [2.24, 2.45) is 0 Å². The molecule has 0 atom stereocenters. The van der Waals surface area contributed by atoms with E-state index in [-0.39, 0.29) is 6.42 Å². The third kappa shape index (κ3) is 7.68. The quantitative estimate of drug-likeness (QED) is 0.672. The van der Waals surface area contributed by atoms with Gasteiger partial charge in [-0.3, -0.25) is 0 Å². The van der Waals surface area contributed by atoms with Gasteiger partial charge in [-0.1, -0.05) is 0 Å². The lowest BCUT2D eigenvalue weighted by Crippen LogP contribution is -2.40. The zero-order chi connectivity index (χ0) is 11.7. The van der Waals surface area contributed by atoms with Crippen LogP contribution in [0.3, 0.4) is 0 Å². The number of carboxylic acids is 1. The molecular formula is C11H23NO2S. The van der Waals surface area contributed by atoms with Crippen LogP contribution in [0.4, 0.5) is 0 Å². The summed E-state index contributed by atoms with van der Waals surface area (Å²) in [4.78, 5) is 9.63. The smallest absolute Gasteiger partial charge is 0.0786 e. The van der Waals surface area contributed by atoms with Crippen molar-refractivity contribution in [2.75, 3.05) is 38.7 Å². The summed E-state index contributed by atoms with van der Waals surface area (Å²) in [5.74, 6) is -0.308. The van der Waals surface area contributed by atoms with Crippen molar-refractivity contribution in [3.63, 3.8) is 0 Å². The zero-order valence-electron chi connectivity index (χ0n) is 10.1. The first-order valence-corrected chi connectivity index (χ1v) is 6.96. The van der Waals surface area contributed by atoms with Crippen molar-refractivity contribution < 1.29 is 14.4 Å². The van der Waals surface area contributed by atoms with Crippen molar-refractivity contribution in [3.8, 4) is 0 Å². The minimum Gasteiger partial charge on any atom is -0.550 e. The lowest BCUT2D eigenvalue weighted by Gasteiger charge is -2.26. The van der Waals surface area contributed by atoms with Gasteiger partial charge in [0, 0.05) is 18.8 Å². The van der Waals surface area contributed by atoms with Crippen molar-refractivity contribution in [1.82, 2.24) is 0 Å². The minimum atomic E-state index is -0.964. The summed E-state index contributed by atoms with van der Waals surface area (Å²) in [7, 11) is 2.35. The Morgan fingerprint density at radius 2 is 1.93 bits per heavy atom. The van der Waals surface area contributed by atoms with E-state index in [1.807, 2.05) is 6.26 Å². The Labute approximate surface area is 97.4 Å². The van der Waals surface area contributed by atoms with Gasteiger partial charge in [-0.05, 0) is 25.4 Å². The number of carbonyl (C=O) groups is 1. The topological polar surface area (TPSA) is 40.1 Å². The van der Waals surface area contributed by atoms with Crippen molar-refractivity contribution in [3.05, 3.63) is 0 Å². The summed E-state index contributed by atoms with van der Waals surface area (Å²) >= 11 is 1.51. The lowest BCUT2D eigenvalue weighted by molar-refractivity contribution is -0.895.